The third-order valence-electron chi connectivity index (χ3n) is 6.81. The highest BCUT2D eigenvalue weighted by Gasteiger charge is 2.30. The predicted octanol–water partition coefficient (Wildman–Crippen LogP) is 8.51. The number of benzene rings is 5. The summed E-state index contributed by atoms with van der Waals surface area (Å²) >= 11 is 1.18. The van der Waals surface area contributed by atoms with Gasteiger partial charge in [0.25, 0.3) is 11.8 Å². The number of carbonyl (C=O) groups is 3. The Bertz CT molecular complexity index is 1880. The van der Waals surface area contributed by atoms with Crippen molar-refractivity contribution >= 4 is 46.9 Å². The Kier molecular flexibility index (Phi) is 10.5. The average molecular weight is 652 g/mol. The first-order valence-corrected chi connectivity index (χ1v) is 15.4. The summed E-state index contributed by atoms with van der Waals surface area (Å²) in [6, 6.07) is 37.1. The first kappa shape index (κ1) is 32.8. The van der Waals surface area contributed by atoms with E-state index >= 15 is 0 Å². The van der Waals surface area contributed by atoms with Gasteiger partial charge in [0, 0.05) is 21.8 Å². The first-order chi connectivity index (χ1) is 22.6. The molecule has 0 bridgehead atoms. The monoisotopic (exact) mass is 651 g/mol. The Morgan fingerprint density at radius 1 is 0.660 bits per heavy atom. The molecule has 0 unspecified atom stereocenters. The maximum Gasteiger partial charge on any atom is 0.416 e. The second kappa shape index (κ2) is 15.1. The van der Waals surface area contributed by atoms with Crippen LogP contribution in [-0.2, 0) is 15.8 Å². The van der Waals surface area contributed by atoms with Crippen molar-refractivity contribution in [1.82, 2.24) is 5.32 Å². The van der Waals surface area contributed by atoms with Crippen LogP contribution in [0.1, 0.15) is 21.5 Å². The van der Waals surface area contributed by atoms with E-state index in [2.05, 4.69) is 16.0 Å². The van der Waals surface area contributed by atoms with Gasteiger partial charge in [-0.3, -0.25) is 14.4 Å². The van der Waals surface area contributed by atoms with Crippen molar-refractivity contribution < 1.29 is 27.6 Å². The summed E-state index contributed by atoms with van der Waals surface area (Å²) in [7, 11) is 0. The summed E-state index contributed by atoms with van der Waals surface area (Å²) < 4.78 is 38.9. The number of hydrogen-bond donors (Lipinski definition) is 3. The minimum atomic E-state index is -4.51. The molecule has 3 N–H and O–H groups in total. The fourth-order valence-corrected chi connectivity index (χ4v) is 5.16. The van der Waals surface area contributed by atoms with Crippen LogP contribution in [0.25, 0.3) is 17.2 Å². The summed E-state index contributed by atoms with van der Waals surface area (Å²) in [6.07, 6.45) is -2.91. The predicted molar refractivity (Wildman–Crippen MR) is 180 cm³/mol. The first-order valence-electron chi connectivity index (χ1n) is 14.4. The van der Waals surface area contributed by atoms with E-state index in [0.29, 0.717) is 21.7 Å². The molecule has 0 aliphatic heterocycles. The lowest BCUT2D eigenvalue weighted by molar-refractivity contribution is -0.137. The van der Waals surface area contributed by atoms with Crippen LogP contribution < -0.4 is 16.0 Å². The molecule has 0 heterocycles. The van der Waals surface area contributed by atoms with Gasteiger partial charge >= 0.3 is 6.18 Å². The van der Waals surface area contributed by atoms with Crippen molar-refractivity contribution in [2.24, 2.45) is 0 Å². The number of anilines is 2. The lowest BCUT2D eigenvalue weighted by Gasteiger charge is -2.12. The molecule has 5 aromatic rings. The third-order valence-corrected chi connectivity index (χ3v) is 7.83. The molecular formula is C37H28F3N3O3S. The van der Waals surface area contributed by atoms with Crippen molar-refractivity contribution in [2.75, 3.05) is 16.4 Å². The Labute approximate surface area is 273 Å². The van der Waals surface area contributed by atoms with Crippen LogP contribution in [0.2, 0.25) is 0 Å². The number of rotatable bonds is 10. The molecule has 0 aliphatic carbocycles. The molecule has 0 fully saturated rings. The number of hydrogen-bond acceptors (Lipinski definition) is 4. The van der Waals surface area contributed by atoms with Gasteiger partial charge in [-0.25, -0.2) is 0 Å². The topological polar surface area (TPSA) is 87.3 Å². The molecule has 236 valence electrons. The molecule has 0 saturated carbocycles. The molecule has 0 radical (unpaired) electrons. The highest BCUT2D eigenvalue weighted by Crippen LogP contribution is 2.31. The van der Waals surface area contributed by atoms with Crippen LogP contribution in [0.15, 0.2) is 144 Å². The number of alkyl halides is 3. The van der Waals surface area contributed by atoms with Crippen LogP contribution in [0.3, 0.4) is 0 Å². The zero-order valence-electron chi connectivity index (χ0n) is 24.8. The van der Waals surface area contributed by atoms with E-state index < -0.39 is 29.5 Å². The Hall–Kier alpha value is -5.61. The summed E-state index contributed by atoms with van der Waals surface area (Å²) in [5.74, 6) is -1.48. The van der Waals surface area contributed by atoms with Gasteiger partial charge in [0.1, 0.15) is 5.70 Å². The fraction of sp³-hybridized carbons (Fsp3) is 0.0541. The molecule has 3 amide bonds. The van der Waals surface area contributed by atoms with Crippen molar-refractivity contribution in [3.8, 4) is 11.1 Å². The highest BCUT2D eigenvalue weighted by atomic mass is 32.2. The van der Waals surface area contributed by atoms with E-state index in [1.807, 2.05) is 54.6 Å². The smallest absolute Gasteiger partial charge is 0.325 e. The van der Waals surface area contributed by atoms with E-state index in [1.165, 1.54) is 23.9 Å². The lowest BCUT2D eigenvalue weighted by Crippen LogP contribution is -2.30. The quantitative estimate of drug-likeness (QED) is 0.104. The largest absolute Gasteiger partial charge is 0.416 e. The molecule has 5 aromatic carbocycles. The van der Waals surface area contributed by atoms with E-state index in [9.17, 15) is 27.6 Å². The maximum absolute atomic E-state index is 13.4. The minimum Gasteiger partial charge on any atom is -0.325 e. The molecule has 5 rings (SSSR count). The van der Waals surface area contributed by atoms with Crippen LogP contribution in [0, 0.1) is 0 Å². The van der Waals surface area contributed by atoms with Crippen molar-refractivity contribution in [1.29, 1.82) is 0 Å². The summed E-state index contributed by atoms with van der Waals surface area (Å²) in [4.78, 5) is 39.4. The van der Waals surface area contributed by atoms with E-state index in [1.54, 1.807) is 60.7 Å². The molecule has 47 heavy (non-hydrogen) atoms. The van der Waals surface area contributed by atoms with Crippen LogP contribution in [0.5, 0.6) is 0 Å². The Balaban J connectivity index is 1.24. The normalized spacial score (nSPS) is 11.4. The van der Waals surface area contributed by atoms with Crippen LogP contribution in [0.4, 0.5) is 24.5 Å². The third kappa shape index (κ3) is 9.44. The van der Waals surface area contributed by atoms with Crippen molar-refractivity contribution in [3.63, 3.8) is 0 Å². The Morgan fingerprint density at radius 3 is 1.96 bits per heavy atom. The fourth-order valence-electron chi connectivity index (χ4n) is 4.46. The van der Waals surface area contributed by atoms with Crippen molar-refractivity contribution in [3.05, 3.63) is 156 Å². The van der Waals surface area contributed by atoms with Gasteiger partial charge in [-0.2, -0.15) is 13.2 Å². The van der Waals surface area contributed by atoms with E-state index in [-0.39, 0.29) is 17.1 Å². The number of thioether (sulfide) groups is 1. The van der Waals surface area contributed by atoms with Crippen LogP contribution in [-0.4, -0.2) is 23.5 Å². The zero-order chi connectivity index (χ0) is 33.2. The zero-order valence-corrected chi connectivity index (χ0v) is 25.6. The minimum absolute atomic E-state index is 0.0380. The van der Waals surface area contributed by atoms with Gasteiger partial charge in [-0.1, -0.05) is 78.9 Å². The lowest BCUT2D eigenvalue weighted by atomic mass is 10.0. The standard InChI is InChI=1S/C37H28F3N3O3S/c38-37(39,40)29-12-7-13-31(23-29)41-34(44)24-47-32-20-18-30(19-21-32)42-36(46)33(43-35(45)28-10-5-2-6-11-28)22-25-14-16-27(17-15-25)26-8-3-1-4-9-26/h1-23H,24H2,(H,41,44)(H,42,46)(H,43,45)/b33-22-. The van der Waals surface area contributed by atoms with E-state index in [4.69, 9.17) is 0 Å². The molecule has 0 aliphatic rings. The maximum atomic E-state index is 13.4. The molecular weight excluding hydrogens is 623 g/mol. The van der Waals surface area contributed by atoms with Gasteiger partial charge in [-0.15, -0.1) is 11.8 Å². The average Bonchev–Trinajstić information content (AvgIpc) is 3.08. The Morgan fingerprint density at radius 2 is 1.30 bits per heavy atom. The van der Waals surface area contributed by atoms with Crippen LogP contribution >= 0.6 is 11.8 Å². The van der Waals surface area contributed by atoms with Gasteiger partial charge in [0.15, 0.2) is 0 Å². The molecule has 0 saturated heterocycles. The summed E-state index contributed by atoms with van der Waals surface area (Å²) in [5.41, 5.74) is 2.85. The van der Waals surface area contributed by atoms with Gasteiger partial charge in [0.05, 0.1) is 11.3 Å². The molecule has 6 nitrogen and oxygen atoms in total. The van der Waals surface area contributed by atoms with E-state index in [0.717, 1.165) is 23.3 Å². The second-order valence-corrected chi connectivity index (χ2v) is 11.3. The van der Waals surface area contributed by atoms with Gasteiger partial charge in [0.2, 0.25) is 5.91 Å². The number of amides is 3. The van der Waals surface area contributed by atoms with Gasteiger partial charge < -0.3 is 16.0 Å². The van der Waals surface area contributed by atoms with Crippen molar-refractivity contribution in [2.45, 2.75) is 11.1 Å². The number of carbonyl (C=O) groups excluding carboxylic acids is 3. The number of halogens is 3. The van der Waals surface area contributed by atoms with Gasteiger partial charge in [-0.05, 0) is 77.4 Å². The summed E-state index contributed by atoms with van der Waals surface area (Å²) in [6.45, 7) is 0. The highest BCUT2D eigenvalue weighted by molar-refractivity contribution is 8.00. The molecule has 0 atom stereocenters. The molecule has 10 heteroatoms. The second-order valence-electron chi connectivity index (χ2n) is 10.3. The SMILES string of the molecule is O=C(CSc1ccc(NC(=O)/C(=C/c2ccc(-c3ccccc3)cc2)NC(=O)c2ccccc2)cc1)Nc1cccc(C(F)(F)F)c1. The number of nitrogens with one attached hydrogen (secondary N) is 3. The molecule has 0 spiro atoms. The molecule has 0 aromatic heterocycles. The summed E-state index contributed by atoms with van der Waals surface area (Å²) in [5, 5.41) is 7.99.